The molecule has 0 N–H and O–H groups in total. The van der Waals surface area contributed by atoms with Gasteiger partial charge >= 0.3 is 0 Å². The van der Waals surface area contributed by atoms with E-state index in [0.717, 1.165) is 78.8 Å². The zero-order valence-electron chi connectivity index (χ0n) is 25.8. The van der Waals surface area contributed by atoms with E-state index in [-0.39, 0.29) is 5.60 Å². The second-order valence-corrected chi connectivity index (χ2v) is 11.7. The number of fused-ring (bicyclic) bond motifs is 1. The Balaban J connectivity index is 1.49. The molecule has 0 atom stereocenters. The third-order valence-corrected chi connectivity index (χ3v) is 8.51. The first kappa shape index (κ1) is 29.7. The molecule has 1 aliphatic rings. The third-order valence-electron chi connectivity index (χ3n) is 8.51. The van der Waals surface area contributed by atoms with Gasteiger partial charge in [0.05, 0.1) is 35.7 Å². The highest BCUT2D eigenvalue weighted by Gasteiger charge is 2.32. The summed E-state index contributed by atoms with van der Waals surface area (Å²) in [6.45, 7) is 19.7. The molecule has 220 valence electrons. The molecule has 3 heterocycles. The number of piperidine rings is 1. The Hall–Kier alpha value is -3.83. The Labute approximate surface area is 251 Å². The van der Waals surface area contributed by atoms with Crippen molar-refractivity contribution < 1.29 is 9.47 Å². The molecule has 0 amide bonds. The molecule has 42 heavy (non-hydrogen) atoms. The van der Waals surface area contributed by atoms with Crippen LogP contribution in [0.2, 0.25) is 0 Å². The fourth-order valence-corrected chi connectivity index (χ4v) is 6.07. The van der Waals surface area contributed by atoms with E-state index in [1.54, 1.807) is 0 Å². The van der Waals surface area contributed by atoms with E-state index in [1.165, 1.54) is 22.4 Å². The number of pyridine rings is 1. The highest BCUT2D eigenvalue weighted by Crippen LogP contribution is 2.38. The van der Waals surface area contributed by atoms with E-state index in [2.05, 4.69) is 105 Å². The van der Waals surface area contributed by atoms with Crippen molar-refractivity contribution >= 4 is 11.2 Å². The Morgan fingerprint density at radius 2 is 1.79 bits per heavy atom. The summed E-state index contributed by atoms with van der Waals surface area (Å²) in [6, 6.07) is 17.4. The van der Waals surface area contributed by atoms with Crippen molar-refractivity contribution in [1.82, 2.24) is 9.61 Å². The van der Waals surface area contributed by atoms with E-state index in [4.69, 9.17) is 14.6 Å². The normalized spacial score (nSPS) is 14.7. The molecule has 1 fully saturated rings. The molecule has 0 saturated carbocycles. The monoisotopic (exact) mass is 563 g/mol. The number of benzene rings is 2. The number of rotatable bonds is 12. The number of anilines is 1. The van der Waals surface area contributed by atoms with E-state index in [0.29, 0.717) is 13.2 Å². The number of unbranched alkanes of at least 4 members (excludes halogenated alkanes) is 1. The highest BCUT2D eigenvalue weighted by atomic mass is 16.5. The average Bonchev–Trinajstić information content (AvgIpc) is 3.42. The van der Waals surface area contributed by atoms with Crippen LogP contribution in [0.25, 0.3) is 27.9 Å². The summed E-state index contributed by atoms with van der Waals surface area (Å²) in [5.74, 6) is 0.913. The van der Waals surface area contributed by atoms with Gasteiger partial charge in [0, 0.05) is 30.4 Å². The molecule has 5 heteroatoms. The Kier molecular flexibility index (Phi) is 9.18. The van der Waals surface area contributed by atoms with Crippen LogP contribution in [0.15, 0.2) is 80.0 Å². The number of aromatic nitrogens is 2. The minimum atomic E-state index is -0.104. The molecular weight excluding hydrogens is 518 g/mol. The first-order chi connectivity index (χ1) is 20.4. The minimum absolute atomic E-state index is 0.104. The fourth-order valence-electron chi connectivity index (χ4n) is 6.07. The Morgan fingerprint density at radius 1 is 1.00 bits per heavy atom. The molecule has 5 rings (SSSR count). The number of hydrogen-bond donors (Lipinski definition) is 0. The number of hydrogen-bond acceptors (Lipinski definition) is 4. The van der Waals surface area contributed by atoms with Crippen LogP contribution in [0.3, 0.4) is 0 Å². The first-order valence-corrected chi connectivity index (χ1v) is 15.3. The Morgan fingerprint density at radius 3 is 2.52 bits per heavy atom. The van der Waals surface area contributed by atoms with Crippen molar-refractivity contribution in [2.24, 2.45) is 0 Å². The summed E-state index contributed by atoms with van der Waals surface area (Å²) >= 11 is 0. The maximum atomic E-state index is 6.21. The van der Waals surface area contributed by atoms with Crippen LogP contribution in [0, 0.1) is 13.8 Å². The summed E-state index contributed by atoms with van der Waals surface area (Å²) in [7, 11) is 0. The molecule has 4 aromatic rings. The van der Waals surface area contributed by atoms with Gasteiger partial charge in [0.15, 0.2) is 0 Å². The second kappa shape index (κ2) is 13.0. The van der Waals surface area contributed by atoms with Gasteiger partial charge in [-0.3, -0.25) is 0 Å². The van der Waals surface area contributed by atoms with Crippen molar-refractivity contribution in [2.45, 2.75) is 65.4 Å². The topological polar surface area (TPSA) is 39.0 Å². The molecule has 1 saturated heterocycles. The summed E-state index contributed by atoms with van der Waals surface area (Å²) < 4.78 is 14.4. The van der Waals surface area contributed by atoms with Crippen LogP contribution in [0.4, 0.5) is 5.69 Å². The largest absolute Gasteiger partial charge is 0.493 e. The van der Waals surface area contributed by atoms with E-state index >= 15 is 0 Å². The lowest BCUT2D eigenvalue weighted by Crippen LogP contribution is -2.44. The molecule has 2 aromatic heterocycles. The van der Waals surface area contributed by atoms with Gasteiger partial charge in [0.1, 0.15) is 5.75 Å². The average molecular weight is 564 g/mol. The van der Waals surface area contributed by atoms with E-state index in [1.807, 2.05) is 12.2 Å². The molecule has 1 aliphatic heterocycles. The molecule has 0 spiro atoms. The van der Waals surface area contributed by atoms with Gasteiger partial charge in [-0.25, -0.2) is 4.52 Å². The predicted molar refractivity (Wildman–Crippen MR) is 176 cm³/mol. The van der Waals surface area contributed by atoms with Gasteiger partial charge in [-0.2, -0.15) is 5.10 Å². The van der Waals surface area contributed by atoms with Crippen LogP contribution in [0.5, 0.6) is 5.75 Å². The number of allylic oxidation sites excluding steroid dienone is 1. The molecule has 0 radical (unpaired) electrons. The van der Waals surface area contributed by atoms with Crippen molar-refractivity contribution in [1.29, 1.82) is 0 Å². The Bertz CT molecular complexity index is 1560. The third kappa shape index (κ3) is 6.32. The van der Waals surface area contributed by atoms with E-state index < -0.39 is 0 Å². The van der Waals surface area contributed by atoms with Gasteiger partial charge in [-0.15, -0.1) is 13.2 Å². The maximum Gasteiger partial charge on any atom is 0.127 e. The summed E-state index contributed by atoms with van der Waals surface area (Å²) in [4.78, 5) is 2.55. The maximum absolute atomic E-state index is 6.21. The molecule has 0 unspecified atom stereocenters. The zero-order chi connectivity index (χ0) is 29.7. The number of ether oxygens (including phenoxy) is 2. The molecule has 5 nitrogen and oxygen atoms in total. The summed E-state index contributed by atoms with van der Waals surface area (Å²) in [6.07, 6.45) is 10.8. The minimum Gasteiger partial charge on any atom is -0.493 e. The van der Waals surface area contributed by atoms with Crippen LogP contribution < -0.4 is 9.64 Å². The van der Waals surface area contributed by atoms with Gasteiger partial charge in [0.25, 0.3) is 0 Å². The SMILES string of the molecule is C=CCCCOc1ccc(C)cc1-c1cccc(-c2cc3c(N4CCC(C)(OCC=C)CC4)c(CC)c(C)cn3n2)c1. The molecule has 2 aromatic carbocycles. The lowest BCUT2D eigenvalue weighted by molar-refractivity contribution is -0.0334. The quantitative estimate of drug-likeness (QED) is 0.128. The van der Waals surface area contributed by atoms with Crippen LogP contribution in [0.1, 0.15) is 56.2 Å². The lowest BCUT2D eigenvalue weighted by Gasteiger charge is -2.41. The number of nitrogens with zero attached hydrogens (tertiary/aromatic N) is 3. The molecular formula is C37H45N3O2. The second-order valence-electron chi connectivity index (χ2n) is 11.7. The zero-order valence-corrected chi connectivity index (χ0v) is 25.8. The molecule has 0 bridgehead atoms. The summed E-state index contributed by atoms with van der Waals surface area (Å²) in [5, 5.41) is 5.10. The van der Waals surface area contributed by atoms with Gasteiger partial charge in [0.2, 0.25) is 0 Å². The van der Waals surface area contributed by atoms with Crippen LogP contribution in [-0.4, -0.2) is 41.5 Å². The van der Waals surface area contributed by atoms with Crippen molar-refractivity contribution in [2.75, 3.05) is 31.2 Å². The summed E-state index contributed by atoms with van der Waals surface area (Å²) in [5.41, 5.74) is 10.6. The number of aryl methyl sites for hydroxylation is 2. The fraction of sp³-hybridized carbons (Fsp3) is 0.378. The van der Waals surface area contributed by atoms with Crippen molar-refractivity contribution in [3.05, 3.63) is 96.7 Å². The van der Waals surface area contributed by atoms with Crippen LogP contribution in [-0.2, 0) is 11.2 Å². The highest BCUT2D eigenvalue weighted by molar-refractivity contribution is 5.83. The lowest BCUT2D eigenvalue weighted by atomic mass is 9.92. The molecule has 0 aliphatic carbocycles. The smallest absolute Gasteiger partial charge is 0.127 e. The van der Waals surface area contributed by atoms with Crippen LogP contribution >= 0.6 is 0 Å². The van der Waals surface area contributed by atoms with Gasteiger partial charge < -0.3 is 14.4 Å². The van der Waals surface area contributed by atoms with Gasteiger partial charge in [-0.05, 0) is 93.8 Å². The van der Waals surface area contributed by atoms with Crippen molar-refractivity contribution in [3.63, 3.8) is 0 Å². The van der Waals surface area contributed by atoms with E-state index in [9.17, 15) is 0 Å². The van der Waals surface area contributed by atoms with Gasteiger partial charge in [-0.1, -0.05) is 48.9 Å². The predicted octanol–water partition coefficient (Wildman–Crippen LogP) is 8.75. The van der Waals surface area contributed by atoms with Crippen molar-refractivity contribution in [3.8, 4) is 28.1 Å². The first-order valence-electron chi connectivity index (χ1n) is 15.3. The standard InChI is InChI=1S/C37H45N3O2/c1-7-10-11-22-41-35-16-15-27(4)23-32(35)29-13-12-14-30(24-29)33-25-34-36(31(9-3)28(5)26-40(34)38-33)39-19-17-37(6,18-20-39)42-21-8-2/h7-8,12-16,23-26H,1-2,9-11,17-22H2,3-6H3.